The van der Waals surface area contributed by atoms with Crippen LogP contribution >= 0.6 is 11.3 Å². The number of nitrogens with zero attached hydrogens (tertiary/aromatic N) is 1. The zero-order valence-corrected chi connectivity index (χ0v) is 11.8. The van der Waals surface area contributed by atoms with E-state index in [0.29, 0.717) is 0 Å². The van der Waals surface area contributed by atoms with E-state index < -0.39 is 0 Å². The molecule has 1 aromatic carbocycles. The monoisotopic (exact) mass is 273 g/mol. The fraction of sp³-hybridized carbons (Fsp3) is 0.375. The van der Waals surface area contributed by atoms with E-state index in [1.54, 1.807) is 0 Å². The maximum Gasteiger partial charge on any atom is 0.0564 e. The molecule has 1 saturated heterocycles. The Hall–Kier alpha value is -1.16. The summed E-state index contributed by atoms with van der Waals surface area (Å²) in [5.41, 5.74) is 2.61. The first kappa shape index (κ1) is 12.9. The summed E-state index contributed by atoms with van der Waals surface area (Å²) in [6.07, 6.45) is 1.74. The standard InChI is InChI=1S/C16H19NOS/c18-15-6-8-17(9-7-15)11-16-10-14(12-19-16)13-4-2-1-3-5-13/h1-5,10,12,15,18H,6-9,11H2. The Bertz CT molecular complexity index is 515. The fourth-order valence-electron chi connectivity index (χ4n) is 2.54. The van der Waals surface area contributed by atoms with E-state index in [2.05, 4.69) is 46.7 Å². The largest absolute Gasteiger partial charge is 0.393 e. The number of likely N-dealkylation sites (tertiary alicyclic amines) is 1. The van der Waals surface area contributed by atoms with Crippen molar-refractivity contribution in [2.45, 2.75) is 25.5 Å². The van der Waals surface area contributed by atoms with Crippen LogP contribution in [0.25, 0.3) is 11.1 Å². The second-order valence-corrected chi connectivity index (χ2v) is 6.17. The van der Waals surface area contributed by atoms with E-state index in [4.69, 9.17) is 0 Å². The second-order valence-electron chi connectivity index (χ2n) is 5.18. The van der Waals surface area contributed by atoms with Crippen LogP contribution in [-0.4, -0.2) is 29.2 Å². The molecule has 0 amide bonds. The highest BCUT2D eigenvalue weighted by atomic mass is 32.1. The summed E-state index contributed by atoms with van der Waals surface area (Å²) < 4.78 is 0. The number of benzene rings is 1. The van der Waals surface area contributed by atoms with Crippen molar-refractivity contribution >= 4 is 11.3 Å². The van der Waals surface area contributed by atoms with Gasteiger partial charge in [-0.05, 0) is 35.4 Å². The average Bonchev–Trinajstić information content (AvgIpc) is 2.91. The molecule has 2 nitrogen and oxygen atoms in total. The van der Waals surface area contributed by atoms with Crippen LogP contribution in [0.2, 0.25) is 0 Å². The summed E-state index contributed by atoms with van der Waals surface area (Å²) in [7, 11) is 0. The van der Waals surface area contributed by atoms with Gasteiger partial charge in [0, 0.05) is 24.5 Å². The zero-order valence-electron chi connectivity index (χ0n) is 11.0. The lowest BCUT2D eigenvalue weighted by Crippen LogP contribution is -2.35. The van der Waals surface area contributed by atoms with E-state index in [1.165, 1.54) is 16.0 Å². The van der Waals surface area contributed by atoms with Gasteiger partial charge < -0.3 is 5.11 Å². The van der Waals surface area contributed by atoms with Crippen LogP contribution in [0.1, 0.15) is 17.7 Å². The van der Waals surface area contributed by atoms with Crippen LogP contribution in [-0.2, 0) is 6.54 Å². The third-order valence-electron chi connectivity index (χ3n) is 3.70. The predicted molar refractivity (Wildman–Crippen MR) is 80.3 cm³/mol. The van der Waals surface area contributed by atoms with Crippen molar-refractivity contribution < 1.29 is 5.11 Å². The molecule has 1 aliphatic heterocycles. The van der Waals surface area contributed by atoms with Crippen molar-refractivity contribution in [3.63, 3.8) is 0 Å². The van der Waals surface area contributed by atoms with Gasteiger partial charge in [0.1, 0.15) is 0 Å². The minimum absolute atomic E-state index is 0.0838. The maximum absolute atomic E-state index is 9.52. The molecule has 1 fully saturated rings. The first-order valence-electron chi connectivity index (χ1n) is 6.84. The second kappa shape index (κ2) is 5.87. The fourth-order valence-corrected chi connectivity index (χ4v) is 3.48. The molecule has 0 unspecified atom stereocenters. The number of aliphatic hydroxyl groups excluding tert-OH is 1. The Morgan fingerprint density at radius 2 is 1.84 bits per heavy atom. The molecular weight excluding hydrogens is 254 g/mol. The van der Waals surface area contributed by atoms with E-state index in [-0.39, 0.29) is 6.10 Å². The van der Waals surface area contributed by atoms with Crippen LogP contribution in [0, 0.1) is 0 Å². The van der Waals surface area contributed by atoms with Gasteiger partial charge in [0.15, 0.2) is 0 Å². The lowest BCUT2D eigenvalue weighted by atomic mass is 10.1. The summed E-state index contributed by atoms with van der Waals surface area (Å²) in [6, 6.07) is 12.8. The molecule has 2 heterocycles. The summed E-state index contributed by atoms with van der Waals surface area (Å²) in [4.78, 5) is 3.85. The summed E-state index contributed by atoms with van der Waals surface area (Å²) >= 11 is 1.83. The third-order valence-corrected chi connectivity index (χ3v) is 4.62. The first-order chi connectivity index (χ1) is 9.31. The molecule has 0 atom stereocenters. The van der Waals surface area contributed by atoms with Crippen LogP contribution in [0.15, 0.2) is 41.8 Å². The van der Waals surface area contributed by atoms with Crippen molar-refractivity contribution in [1.29, 1.82) is 0 Å². The van der Waals surface area contributed by atoms with Crippen molar-refractivity contribution in [3.05, 3.63) is 46.7 Å². The molecule has 0 radical (unpaired) electrons. The van der Waals surface area contributed by atoms with Crippen LogP contribution < -0.4 is 0 Å². The molecule has 3 heteroatoms. The van der Waals surface area contributed by atoms with E-state index in [0.717, 1.165) is 32.5 Å². The van der Waals surface area contributed by atoms with Crippen LogP contribution in [0.5, 0.6) is 0 Å². The molecule has 0 bridgehead atoms. The van der Waals surface area contributed by atoms with Gasteiger partial charge in [-0.1, -0.05) is 30.3 Å². The van der Waals surface area contributed by atoms with Gasteiger partial charge in [-0.15, -0.1) is 11.3 Å². The topological polar surface area (TPSA) is 23.5 Å². The van der Waals surface area contributed by atoms with Gasteiger partial charge in [-0.2, -0.15) is 0 Å². The number of aliphatic hydroxyl groups is 1. The summed E-state index contributed by atoms with van der Waals surface area (Å²) in [5.74, 6) is 0. The molecule has 0 saturated carbocycles. The van der Waals surface area contributed by atoms with Gasteiger partial charge >= 0.3 is 0 Å². The van der Waals surface area contributed by atoms with Gasteiger partial charge in [-0.25, -0.2) is 0 Å². The Labute approximate surface area is 118 Å². The predicted octanol–water partition coefficient (Wildman–Crippen LogP) is 3.37. The smallest absolute Gasteiger partial charge is 0.0564 e. The molecule has 1 aliphatic rings. The van der Waals surface area contributed by atoms with Crippen LogP contribution in [0.3, 0.4) is 0 Å². The molecular formula is C16H19NOS. The highest BCUT2D eigenvalue weighted by Crippen LogP contribution is 2.26. The molecule has 0 spiro atoms. The minimum Gasteiger partial charge on any atom is -0.393 e. The van der Waals surface area contributed by atoms with Crippen LogP contribution in [0.4, 0.5) is 0 Å². The Kier molecular flexibility index (Phi) is 3.97. The summed E-state index contributed by atoms with van der Waals surface area (Å²) in [6.45, 7) is 3.05. The maximum atomic E-state index is 9.52. The van der Waals surface area contributed by atoms with Gasteiger partial charge in [-0.3, -0.25) is 4.90 Å². The molecule has 100 valence electrons. The SMILES string of the molecule is OC1CCN(Cc2cc(-c3ccccc3)cs2)CC1. The lowest BCUT2D eigenvalue weighted by Gasteiger charge is -2.28. The molecule has 2 aromatic rings. The highest BCUT2D eigenvalue weighted by Gasteiger charge is 2.17. The highest BCUT2D eigenvalue weighted by molar-refractivity contribution is 7.10. The molecule has 0 aliphatic carbocycles. The first-order valence-corrected chi connectivity index (χ1v) is 7.72. The zero-order chi connectivity index (χ0) is 13.1. The number of piperidine rings is 1. The molecule has 19 heavy (non-hydrogen) atoms. The molecule has 1 aromatic heterocycles. The van der Waals surface area contributed by atoms with Crippen molar-refractivity contribution in [1.82, 2.24) is 4.90 Å². The molecule has 1 N–H and O–H groups in total. The summed E-state index contributed by atoms with van der Waals surface area (Å²) in [5, 5.41) is 11.8. The van der Waals surface area contributed by atoms with Gasteiger partial charge in [0.05, 0.1) is 6.10 Å². The molecule has 3 rings (SSSR count). The minimum atomic E-state index is -0.0838. The Balaban J connectivity index is 1.65. The van der Waals surface area contributed by atoms with Gasteiger partial charge in [0.25, 0.3) is 0 Å². The number of rotatable bonds is 3. The third kappa shape index (κ3) is 3.24. The quantitative estimate of drug-likeness (QED) is 0.927. The number of hydrogen-bond donors (Lipinski definition) is 1. The van der Waals surface area contributed by atoms with Crippen molar-refractivity contribution in [3.8, 4) is 11.1 Å². The van der Waals surface area contributed by atoms with Crippen molar-refractivity contribution in [2.75, 3.05) is 13.1 Å². The Morgan fingerprint density at radius 3 is 2.58 bits per heavy atom. The number of hydrogen-bond acceptors (Lipinski definition) is 3. The van der Waals surface area contributed by atoms with Crippen molar-refractivity contribution in [2.24, 2.45) is 0 Å². The van der Waals surface area contributed by atoms with E-state index in [1.807, 2.05) is 11.3 Å². The van der Waals surface area contributed by atoms with E-state index >= 15 is 0 Å². The van der Waals surface area contributed by atoms with Gasteiger partial charge in [0.2, 0.25) is 0 Å². The normalized spacial score (nSPS) is 17.7. The van der Waals surface area contributed by atoms with E-state index in [9.17, 15) is 5.11 Å². The Morgan fingerprint density at radius 1 is 1.11 bits per heavy atom. The number of thiophene rings is 1. The average molecular weight is 273 g/mol. The lowest BCUT2D eigenvalue weighted by molar-refractivity contribution is 0.0797.